The van der Waals surface area contributed by atoms with Crippen molar-refractivity contribution in [3.63, 3.8) is 0 Å². The standard InChI is InChI=1S/C21H32N6O/c1-4-22-21(23-11-10-19-24-20(17(2)3)25-28-19)27-14-12-26(13-15-27)16-18-8-6-5-7-9-18/h5-9,17H,4,10-16H2,1-3H3,(H,22,23). The number of nitrogens with one attached hydrogen (secondary N) is 1. The Labute approximate surface area is 167 Å². The van der Waals surface area contributed by atoms with Crippen LogP contribution in [-0.2, 0) is 13.0 Å². The highest BCUT2D eigenvalue weighted by Gasteiger charge is 2.19. The van der Waals surface area contributed by atoms with E-state index in [0.29, 0.717) is 18.9 Å². The van der Waals surface area contributed by atoms with Crippen molar-refractivity contribution < 1.29 is 4.52 Å². The molecule has 1 aromatic heterocycles. The zero-order chi connectivity index (χ0) is 19.8. The number of hydrogen-bond donors (Lipinski definition) is 1. The van der Waals surface area contributed by atoms with Crippen LogP contribution in [0.2, 0.25) is 0 Å². The van der Waals surface area contributed by atoms with E-state index in [9.17, 15) is 0 Å². The SMILES string of the molecule is CCNC(=NCCc1nc(C(C)C)no1)N1CCN(Cc2ccccc2)CC1. The third-order valence-electron chi connectivity index (χ3n) is 4.84. The van der Waals surface area contributed by atoms with Gasteiger partial charge in [0, 0.05) is 51.6 Å². The molecule has 2 aromatic rings. The zero-order valence-electron chi connectivity index (χ0n) is 17.3. The molecule has 2 heterocycles. The number of guanidine groups is 1. The Morgan fingerprint density at radius 1 is 1.18 bits per heavy atom. The van der Waals surface area contributed by atoms with Crippen LogP contribution >= 0.6 is 0 Å². The van der Waals surface area contributed by atoms with E-state index < -0.39 is 0 Å². The van der Waals surface area contributed by atoms with Crippen molar-refractivity contribution in [1.82, 2.24) is 25.3 Å². The minimum Gasteiger partial charge on any atom is -0.357 e. The van der Waals surface area contributed by atoms with Crippen LogP contribution in [0.4, 0.5) is 0 Å². The predicted octanol–water partition coefficient (Wildman–Crippen LogP) is 2.52. The number of benzene rings is 1. The molecule has 0 amide bonds. The summed E-state index contributed by atoms with van der Waals surface area (Å²) in [7, 11) is 0. The summed E-state index contributed by atoms with van der Waals surface area (Å²) in [6.07, 6.45) is 0.669. The summed E-state index contributed by atoms with van der Waals surface area (Å²) in [5, 5.41) is 7.43. The van der Waals surface area contributed by atoms with Gasteiger partial charge in [0.2, 0.25) is 5.89 Å². The second-order valence-electron chi connectivity index (χ2n) is 7.44. The van der Waals surface area contributed by atoms with Crippen LogP contribution in [-0.4, -0.2) is 65.2 Å². The van der Waals surface area contributed by atoms with Crippen molar-refractivity contribution in [1.29, 1.82) is 0 Å². The van der Waals surface area contributed by atoms with Gasteiger partial charge in [-0.05, 0) is 12.5 Å². The highest BCUT2D eigenvalue weighted by atomic mass is 16.5. The van der Waals surface area contributed by atoms with Crippen molar-refractivity contribution in [2.45, 2.75) is 39.7 Å². The molecule has 1 N–H and O–H groups in total. The zero-order valence-corrected chi connectivity index (χ0v) is 17.3. The first-order valence-electron chi connectivity index (χ1n) is 10.3. The van der Waals surface area contributed by atoms with Gasteiger partial charge < -0.3 is 14.7 Å². The molecule has 1 aliphatic heterocycles. The predicted molar refractivity (Wildman–Crippen MR) is 111 cm³/mol. The highest BCUT2D eigenvalue weighted by molar-refractivity contribution is 5.80. The maximum absolute atomic E-state index is 5.31. The van der Waals surface area contributed by atoms with Crippen molar-refractivity contribution in [2.75, 3.05) is 39.3 Å². The van der Waals surface area contributed by atoms with Crippen molar-refractivity contribution in [3.8, 4) is 0 Å². The van der Waals surface area contributed by atoms with Gasteiger partial charge in [0.05, 0.1) is 6.54 Å². The normalized spacial score (nSPS) is 16.0. The third-order valence-corrected chi connectivity index (χ3v) is 4.84. The number of nitrogens with zero attached hydrogens (tertiary/aromatic N) is 5. The van der Waals surface area contributed by atoms with Gasteiger partial charge in [-0.3, -0.25) is 9.89 Å². The molecule has 0 spiro atoms. The number of piperazine rings is 1. The van der Waals surface area contributed by atoms with Crippen molar-refractivity contribution in [3.05, 3.63) is 47.6 Å². The lowest BCUT2D eigenvalue weighted by molar-refractivity contribution is 0.172. The van der Waals surface area contributed by atoms with Gasteiger partial charge in [0.25, 0.3) is 0 Å². The highest BCUT2D eigenvalue weighted by Crippen LogP contribution is 2.11. The maximum atomic E-state index is 5.31. The minimum atomic E-state index is 0.283. The molecule has 7 nitrogen and oxygen atoms in total. The van der Waals surface area contributed by atoms with E-state index in [2.05, 4.69) is 76.4 Å². The first-order valence-corrected chi connectivity index (χ1v) is 10.3. The molecule has 0 bridgehead atoms. The van der Waals surface area contributed by atoms with Gasteiger partial charge in [-0.15, -0.1) is 0 Å². The lowest BCUT2D eigenvalue weighted by Gasteiger charge is -2.36. The molecule has 28 heavy (non-hydrogen) atoms. The quantitative estimate of drug-likeness (QED) is 0.584. The topological polar surface area (TPSA) is 69.8 Å². The number of aromatic nitrogens is 2. The fraction of sp³-hybridized carbons (Fsp3) is 0.571. The summed E-state index contributed by atoms with van der Waals surface area (Å²) in [6.45, 7) is 12.8. The Bertz CT molecular complexity index is 734. The Balaban J connectivity index is 1.50. The summed E-state index contributed by atoms with van der Waals surface area (Å²) in [6, 6.07) is 10.7. The lowest BCUT2D eigenvalue weighted by atomic mass is 10.2. The number of hydrogen-bond acceptors (Lipinski definition) is 5. The largest absolute Gasteiger partial charge is 0.357 e. The van der Waals surface area contributed by atoms with E-state index >= 15 is 0 Å². The fourth-order valence-electron chi connectivity index (χ4n) is 3.25. The fourth-order valence-corrected chi connectivity index (χ4v) is 3.25. The molecule has 1 saturated heterocycles. The van der Waals surface area contributed by atoms with Gasteiger partial charge in [-0.2, -0.15) is 4.98 Å². The van der Waals surface area contributed by atoms with Crippen molar-refractivity contribution >= 4 is 5.96 Å². The molecule has 1 aliphatic rings. The van der Waals surface area contributed by atoms with E-state index in [1.807, 2.05) is 0 Å². The van der Waals surface area contributed by atoms with Gasteiger partial charge in [0.15, 0.2) is 11.8 Å². The first kappa shape index (κ1) is 20.3. The summed E-state index contributed by atoms with van der Waals surface area (Å²) in [4.78, 5) is 14.1. The van der Waals surface area contributed by atoms with Crippen LogP contribution in [0.3, 0.4) is 0 Å². The van der Waals surface area contributed by atoms with Crippen LogP contribution < -0.4 is 5.32 Å². The summed E-state index contributed by atoms with van der Waals surface area (Å²) >= 11 is 0. The smallest absolute Gasteiger partial charge is 0.228 e. The van der Waals surface area contributed by atoms with E-state index in [1.165, 1.54) is 5.56 Å². The third kappa shape index (κ3) is 5.79. The Morgan fingerprint density at radius 2 is 1.93 bits per heavy atom. The first-order chi connectivity index (χ1) is 13.7. The molecule has 7 heteroatoms. The van der Waals surface area contributed by atoms with Crippen molar-refractivity contribution in [2.24, 2.45) is 4.99 Å². The van der Waals surface area contributed by atoms with Crippen LogP contribution in [0.1, 0.15) is 44.0 Å². The Morgan fingerprint density at radius 3 is 2.57 bits per heavy atom. The molecule has 0 unspecified atom stereocenters. The molecule has 1 fully saturated rings. The van der Waals surface area contributed by atoms with Crippen LogP contribution in [0, 0.1) is 0 Å². The molecule has 0 aliphatic carbocycles. The van der Waals surface area contributed by atoms with E-state index in [-0.39, 0.29) is 5.92 Å². The molecule has 3 rings (SSSR count). The van der Waals surface area contributed by atoms with Crippen LogP contribution in [0.5, 0.6) is 0 Å². The monoisotopic (exact) mass is 384 g/mol. The molecular formula is C21H32N6O. The molecule has 1 aromatic carbocycles. The van der Waals surface area contributed by atoms with Crippen LogP contribution in [0.25, 0.3) is 0 Å². The van der Waals surface area contributed by atoms with Gasteiger partial charge in [0.1, 0.15) is 0 Å². The Hall–Kier alpha value is -2.41. The second-order valence-corrected chi connectivity index (χ2v) is 7.44. The summed E-state index contributed by atoms with van der Waals surface area (Å²) in [5.41, 5.74) is 1.37. The molecule has 152 valence electrons. The lowest BCUT2D eigenvalue weighted by Crippen LogP contribution is -2.52. The van der Waals surface area contributed by atoms with E-state index in [0.717, 1.165) is 51.1 Å². The van der Waals surface area contributed by atoms with Gasteiger partial charge >= 0.3 is 0 Å². The van der Waals surface area contributed by atoms with E-state index in [1.54, 1.807) is 0 Å². The average Bonchev–Trinajstić information content (AvgIpc) is 3.18. The molecule has 0 radical (unpaired) electrons. The second kappa shape index (κ2) is 10.2. The Kier molecular flexibility index (Phi) is 7.42. The van der Waals surface area contributed by atoms with Crippen LogP contribution in [0.15, 0.2) is 39.8 Å². The molecular weight excluding hydrogens is 352 g/mol. The average molecular weight is 385 g/mol. The number of rotatable bonds is 7. The maximum Gasteiger partial charge on any atom is 0.228 e. The summed E-state index contributed by atoms with van der Waals surface area (Å²) in [5.74, 6) is 2.69. The minimum absolute atomic E-state index is 0.283. The molecule has 0 saturated carbocycles. The van der Waals surface area contributed by atoms with Gasteiger partial charge in [-0.1, -0.05) is 49.3 Å². The van der Waals surface area contributed by atoms with E-state index in [4.69, 9.17) is 9.52 Å². The number of aliphatic imine (C=N–C) groups is 1. The molecule has 0 atom stereocenters. The van der Waals surface area contributed by atoms with Gasteiger partial charge in [-0.25, -0.2) is 0 Å². The summed E-state index contributed by atoms with van der Waals surface area (Å²) < 4.78 is 5.31.